The van der Waals surface area contributed by atoms with Crippen LogP contribution in [0.1, 0.15) is 162 Å². The van der Waals surface area contributed by atoms with Crippen molar-refractivity contribution in [2.75, 3.05) is 0 Å². The van der Waals surface area contributed by atoms with Crippen molar-refractivity contribution in [3.05, 3.63) is 0 Å². The van der Waals surface area contributed by atoms with Gasteiger partial charge in [-0.05, 0) is 19.3 Å². The van der Waals surface area contributed by atoms with Crippen LogP contribution in [-0.4, -0.2) is 10.7 Å². The summed E-state index contributed by atoms with van der Waals surface area (Å²) in [6, 6.07) is 0. The summed E-state index contributed by atoms with van der Waals surface area (Å²) < 4.78 is 0. The Morgan fingerprint density at radius 3 is 0.926 bits per heavy atom. The third kappa shape index (κ3) is 19.1. The number of hydrogen-bond acceptors (Lipinski definition) is 1. The van der Waals surface area contributed by atoms with Crippen LogP contribution in [-0.2, 0) is 0 Å². The van der Waals surface area contributed by atoms with E-state index in [-0.39, 0.29) is 5.60 Å². The molecule has 0 saturated heterocycles. The Labute approximate surface area is 173 Å². The van der Waals surface area contributed by atoms with E-state index in [2.05, 4.69) is 20.8 Å². The average molecular weight is 383 g/mol. The van der Waals surface area contributed by atoms with E-state index in [0.717, 1.165) is 19.3 Å². The van der Waals surface area contributed by atoms with Gasteiger partial charge in [0.15, 0.2) is 0 Å². The van der Waals surface area contributed by atoms with Crippen molar-refractivity contribution in [3.8, 4) is 0 Å². The molecule has 0 aliphatic rings. The van der Waals surface area contributed by atoms with Crippen molar-refractivity contribution in [1.29, 1.82) is 0 Å². The molecular weight excluding hydrogens is 328 g/mol. The van der Waals surface area contributed by atoms with E-state index in [1.165, 1.54) is 122 Å². The zero-order valence-electron chi connectivity index (χ0n) is 19.5. The lowest BCUT2D eigenvalue weighted by Gasteiger charge is -2.28. The van der Waals surface area contributed by atoms with Crippen molar-refractivity contribution in [2.24, 2.45) is 0 Å². The molecule has 1 nitrogen and oxygen atoms in total. The maximum absolute atomic E-state index is 11.2. The predicted molar refractivity (Wildman–Crippen MR) is 124 cm³/mol. The van der Waals surface area contributed by atoms with Gasteiger partial charge in [0.2, 0.25) is 0 Å². The summed E-state index contributed by atoms with van der Waals surface area (Å²) in [7, 11) is 0. The monoisotopic (exact) mass is 382 g/mol. The minimum absolute atomic E-state index is 0.362. The number of aliphatic hydroxyl groups is 1. The highest BCUT2D eigenvalue weighted by atomic mass is 16.3. The fraction of sp³-hybridized carbons (Fsp3) is 1.00. The summed E-state index contributed by atoms with van der Waals surface area (Å²) in [5, 5.41) is 11.2. The number of hydrogen-bond donors (Lipinski definition) is 1. The van der Waals surface area contributed by atoms with Gasteiger partial charge in [0.25, 0.3) is 0 Å². The molecule has 1 heteroatoms. The largest absolute Gasteiger partial charge is 0.390 e. The molecule has 0 aromatic rings. The molecule has 164 valence electrons. The molecule has 0 aliphatic carbocycles. The van der Waals surface area contributed by atoms with E-state index >= 15 is 0 Å². The Kier molecular flexibility index (Phi) is 20.7. The van der Waals surface area contributed by atoms with Crippen molar-refractivity contribution in [2.45, 2.75) is 168 Å². The first-order chi connectivity index (χ1) is 13.2. The summed E-state index contributed by atoms with van der Waals surface area (Å²) in [5.74, 6) is 0. The van der Waals surface area contributed by atoms with E-state index < -0.39 is 0 Å². The van der Waals surface area contributed by atoms with Crippen molar-refractivity contribution in [3.63, 3.8) is 0 Å². The van der Waals surface area contributed by atoms with E-state index in [0.29, 0.717) is 0 Å². The third-order valence-corrected chi connectivity index (χ3v) is 6.24. The summed E-state index contributed by atoms with van der Waals surface area (Å²) in [4.78, 5) is 0. The minimum atomic E-state index is -0.362. The summed E-state index contributed by atoms with van der Waals surface area (Å²) in [6.07, 6.45) is 28.6. The van der Waals surface area contributed by atoms with Gasteiger partial charge in [0.05, 0.1) is 5.60 Å². The summed E-state index contributed by atoms with van der Waals surface area (Å²) in [5.41, 5.74) is -0.362. The van der Waals surface area contributed by atoms with E-state index in [1.54, 1.807) is 0 Å². The molecule has 27 heavy (non-hydrogen) atoms. The molecular formula is C26H54O. The van der Waals surface area contributed by atoms with Gasteiger partial charge in [-0.3, -0.25) is 0 Å². The Hall–Kier alpha value is -0.0400. The first-order valence-corrected chi connectivity index (χ1v) is 12.9. The Morgan fingerprint density at radius 1 is 0.370 bits per heavy atom. The highest BCUT2D eigenvalue weighted by Crippen LogP contribution is 2.29. The lowest BCUT2D eigenvalue weighted by Crippen LogP contribution is -2.28. The summed E-state index contributed by atoms with van der Waals surface area (Å²) >= 11 is 0. The van der Waals surface area contributed by atoms with Gasteiger partial charge in [-0.25, -0.2) is 0 Å². The summed E-state index contributed by atoms with van der Waals surface area (Å²) in [6.45, 7) is 6.83. The van der Waals surface area contributed by atoms with Gasteiger partial charge in [0, 0.05) is 0 Å². The molecule has 0 aliphatic heterocycles. The predicted octanol–water partition coefficient (Wildman–Crippen LogP) is 9.36. The topological polar surface area (TPSA) is 20.2 Å². The van der Waals surface area contributed by atoms with Gasteiger partial charge in [0.1, 0.15) is 0 Å². The van der Waals surface area contributed by atoms with Crippen LogP contribution < -0.4 is 0 Å². The smallest absolute Gasteiger partial charge is 0.0647 e. The first kappa shape index (κ1) is 27.0. The van der Waals surface area contributed by atoms with Crippen LogP contribution in [0.2, 0.25) is 0 Å². The lowest BCUT2D eigenvalue weighted by atomic mass is 9.85. The molecule has 0 unspecified atom stereocenters. The molecule has 0 fully saturated rings. The number of rotatable bonds is 22. The molecule has 1 N–H and O–H groups in total. The van der Waals surface area contributed by atoms with E-state index in [4.69, 9.17) is 0 Å². The quantitative estimate of drug-likeness (QED) is 0.185. The number of unbranched alkanes of at least 4 members (excludes halogenated alkanes) is 16. The van der Waals surface area contributed by atoms with Gasteiger partial charge in [-0.1, -0.05) is 143 Å². The fourth-order valence-electron chi connectivity index (χ4n) is 4.25. The van der Waals surface area contributed by atoms with Crippen LogP contribution in [0.5, 0.6) is 0 Å². The maximum atomic E-state index is 11.2. The van der Waals surface area contributed by atoms with Gasteiger partial charge in [-0.15, -0.1) is 0 Å². The highest BCUT2D eigenvalue weighted by molar-refractivity contribution is 4.78. The van der Waals surface area contributed by atoms with Gasteiger partial charge < -0.3 is 5.11 Å². The molecule has 0 aromatic heterocycles. The molecule has 0 saturated carbocycles. The Balaban J connectivity index is 3.87. The lowest BCUT2D eigenvalue weighted by molar-refractivity contribution is 0.00715. The normalized spacial score (nSPS) is 12.0. The van der Waals surface area contributed by atoms with Crippen LogP contribution in [0.15, 0.2) is 0 Å². The van der Waals surface area contributed by atoms with Crippen LogP contribution in [0, 0.1) is 0 Å². The second-order valence-electron chi connectivity index (χ2n) is 9.13. The zero-order valence-corrected chi connectivity index (χ0v) is 19.5. The highest BCUT2D eigenvalue weighted by Gasteiger charge is 2.25. The van der Waals surface area contributed by atoms with Crippen LogP contribution >= 0.6 is 0 Å². The second-order valence-corrected chi connectivity index (χ2v) is 9.13. The maximum Gasteiger partial charge on any atom is 0.0647 e. The van der Waals surface area contributed by atoms with Crippen molar-refractivity contribution < 1.29 is 5.11 Å². The zero-order chi connectivity index (χ0) is 20.1. The molecule has 0 heterocycles. The van der Waals surface area contributed by atoms with Crippen LogP contribution in [0.4, 0.5) is 0 Å². The SMILES string of the molecule is CCCCCCCCCCC(O)(CCCCC)CCCCCCCCCC. The van der Waals surface area contributed by atoms with Crippen LogP contribution in [0.3, 0.4) is 0 Å². The van der Waals surface area contributed by atoms with E-state index in [9.17, 15) is 5.11 Å². The minimum Gasteiger partial charge on any atom is -0.390 e. The molecule has 0 radical (unpaired) electrons. The van der Waals surface area contributed by atoms with Gasteiger partial charge in [-0.2, -0.15) is 0 Å². The van der Waals surface area contributed by atoms with Crippen molar-refractivity contribution in [1.82, 2.24) is 0 Å². The first-order valence-electron chi connectivity index (χ1n) is 12.9. The van der Waals surface area contributed by atoms with E-state index in [1.807, 2.05) is 0 Å². The Morgan fingerprint density at radius 2 is 0.593 bits per heavy atom. The van der Waals surface area contributed by atoms with Crippen LogP contribution in [0.25, 0.3) is 0 Å². The molecule has 0 aromatic carbocycles. The standard InChI is InChI=1S/C26H54O/c1-4-7-10-12-14-16-18-21-24-26(27,23-20-9-6-3)25-22-19-17-15-13-11-8-5-2/h27H,4-25H2,1-3H3. The average Bonchev–Trinajstić information content (AvgIpc) is 2.66. The molecule has 0 spiro atoms. The third-order valence-electron chi connectivity index (χ3n) is 6.24. The molecule has 0 rings (SSSR count). The van der Waals surface area contributed by atoms with Gasteiger partial charge >= 0.3 is 0 Å². The second kappa shape index (κ2) is 20.7. The molecule has 0 amide bonds. The fourth-order valence-corrected chi connectivity index (χ4v) is 4.25. The Bertz CT molecular complexity index is 253. The van der Waals surface area contributed by atoms with Crippen molar-refractivity contribution >= 4 is 0 Å². The molecule has 0 bridgehead atoms. The molecule has 0 atom stereocenters.